The summed E-state index contributed by atoms with van der Waals surface area (Å²) in [6.45, 7) is 2.34. The lowest BCUT2D eigenvalue weighted by Gasteiger charge is -2.20. The van der Waals surface area contributed by atoms with E-state index in [1.165, 1.54) is 135 Å². The monoisotopic (exact) mass is 871 g/mol. The topological polar surface area (TPSA) is 149 Å². The highest BCUT2D eigenvalue weighted by Crippen LogP contribution is 2.43. The van der Waals surface area contributed by atoms with Crippen LogP contribution in [0.4, 0.5) is 0 Å². The summed E-state index contributed by atoms with van der Waals surface area (Å²) >= 11 is 0. The highest BCUT2D eigenvalue weighted by atomic mass is 31.2. The number of allylic oxidation sites excluding steroid dienone is 6. The second-order valence-corrected chi connectivity index (χ2v) is 17.9. The number of hydrogen-bond acceptors (Lipinski definition) is 9. The molecule has 0 aliphatic heterocycles. The molecule has 3 atom stereocenters. The Hall–Kier alpha value is -1.81. The van der Waals surface area contributed by atoms with Gasteiger partial charge in [-0.15, -0.1) is 0 Å². The maximum Gasteiger partial charge on any atom is 0.472 e. The first-order valence-electron chi connectivity index (χ1n) is 24.4. The van der Waals surface area contributed by atoms with E-state index in [4.69, 9.17) is 23.6 Å². The van der Waals surface area contributed by atoms with Crippen LogP contribution in [0.3, 0.4) is 0 Å². The highest BCUT2D eigenvalue weighted by molar-refractivity contribution is 7.47. The summed E-state index contributed by atoms with van der Waals surface area (Å²) in [5, 5.41) is 18.4. The molecule has 3 N–H and O–H groups in total. The molecule has 0 aromatic rings. The van der Waals surface area contributed by atoms with Gasteiger partial charge in [0.15, 0.2) is 6.10 Å². The van der Waals surface area contributed by atoms with Gasteiger partial charge in [-0.05, 0) is 51.4 Å². The second-order valence-electron chi connectivity index (χ2n) is 16.5. The maximum atomic E-state index is 12.6. The van der Waals surface area contributed by atoms with E-state index in [0.717, 1.165) is 51.4 Å². The summed E-state index contributed by atoms with van der Waals surface area (Å²) in [4.78, 5) is 35.1. The molecule has 0 aliphatic rings. The molecular formula is C49H91O10P. The fraction of sp³-hybridized carbons (Fsp3) is 0.837. The normalized spacial score (nSPS) is 14.0. The largest absolute Gasteiger partial charge is 0.472 e. The van der Waals surface area contributed by atoms with Gasteiger partial charge in [-0.3, -0.25) is 18.6 Å². The number of aliphatic hydroxyl groups excluding tert-OH is 2. The molecule has 0 amide bonds. The number of carbonyl (C=O) groups is 2. The fourth-order valence-electron chi connectivity index (χ4n) is 6.77. The maximum absolute atomic E-state index is 12.6. The lowest BCUT2D eigenvalue weighted by atomic mass is 10.0. The minimum atomic E-state index is -4.63. The van der Waals surface area contributed by atoms with Crippen LogP contribution in [0.5, 0.6) is 0 Å². The van der Waals surface area contributed by atoms with Crippen LogP contribution in [-0.4, -0.2) is 65.7 Å². The van der Waals surface area contributed by atoms with Crippen molar-refractivity contribution < 1.29 is 47.8 Å². The Labute approximate surface area is 367 Å². The molecule has 0 spiro atoms. The standard InChI is InChI=1S/C49H91O10P/c1-3-5-7-9-11-13-15-17-19-20-21-22-23-24-25-27-28-30-32-34-36-38-40-48(52)56-44-47(45-58-60(54,55)57-43-46(51)42-50)59-49(53)41-39-37-35-33-31-29-26-18-16-14-12-10-8-6-4-2/h12,14,18,26,31,33,46-47,50-51H,3-11,13,15-17,19-25,27-30,32,34-45H2,1-2H3,(H,54,55)/b14-12+,26-18+,33-31+/t46-,47-/m1/s1. The van der Waals surface area contributed by atoms with Crippen LogP contribution >= 0.6 is 7.82 Å². The summed E-state index contributed by atoms with van der Waals surface area (Å²) in [5.41, 5.74) is 0. The van der Waals surface area contributed by atoms with Crippen LogP contribution in [-0.2, 0) is 32.7 Å². The minimum absolute atomic E-state index is 0.137. The zero-order valence-corrected chi connectivity index (χ0v) is 39.3. The molecule has 1 unspecified atom stereocenters. The van der Waals surface area contributed by atoms with E-state index in [1.807, 2.05) is 0 Å². The van der Waals surface area contributed by atoms with Crippen molar-refractivity contribution in [3.05, 3.63) is 36.5 Å². The number of phosphoric ester groups is 1. The lowest BCUT2D eigenvalue weighted by Crippen LogP contribution is -2.29. The molecule has 0 heterocycles. The summed E-state index contributed by atoms with van der Waals surface area (Å²) in [7, 11) is -4.63. The number of phosphoric acid groups is 1. The van der Waals surface area contributed by atoms with E-state index in [0.29, 0.717) is 12.8 Å². The van der Waals surface area contributed by atoms with Crippen LogP contribution in [0, 0.1) is 0 Å². The van der Waals surface area contributed by atoms with E-state index >= 15 is 0 Å². The number of aliphatic hydroxyl groups is 2. The summed E-state index contributed by atoms with van der Waals surface area (Å²) in [6.07, 6.45) is 48.4. The zero-order chi connectivity index (χ0) is 44.0. The van der Waals surface area contributed by atoms with E-state index in [2.05, 4.69) is 50.3 Å². The van der Waals surface area contributed by atoms with Crippen LogP contribution < -0.4 is 0 Å². The second kappa shape index (κ2) is 45.2. The van der Waals surface area contributed by atoms with Crippen LogP contribution in [0.15, 0.2) is 36.5 Å². The van der Waals surface area contributed by atoms with Gasteiger partial charge in [0.25, 0.3) is 0 Å². The van der Waals surface area contributed by atoms with Crippen molar-refractivity contribution in [2.45, 2.75) is 238 Å². The molecule has 0 aliphatic carbocycles. The molecule has 60 heavy (non-hydrogen) atoms. The van der Waals surface area contributed by atoms with Crippen LogP contribution in [0.1, 0.15) is 226 Å². The smallest absolute Gasteiger partial charge is 0.462 e. The molecule has 0 saturated heterocycles. The molecular weight excluding hydrogens is 780 g/mol. The van der Waals surface area contributed by atoms with Crippen molar-refractivity contribution in [1.82, 2.24) is 0 Å². The fourth-order valence-corrected chi connectivity index (χ4v) is 7.56. The molecule has 0 bridgehead atoms. The van der Waals surface area contributed by atoms with Gasteiger partial charge in [-0.25, -0.2) is 4.57 Å². The van der Waals surface area contributed by atoms with Gasteiger partial charge in [0.05, 0.1) is 19.8 Å². The molecule has 0 aromatic carbocycles. The predicted molar refractivity (Wildman–Crippen MR) is 247 cm³/mol. The van der Waals surface area contributed by atoms with Crippen molar-refractivity contribution >= 4 is 19.8 Å². The predicted octanol–water partition coefficient (Wildman–Crippen LogP) is 13.5. The first-order chi connectivity index (χ1) is 29.2. The average molecular weight is 871 g/mol. The highest BCUT2D eigenvalue weighted by Gasteiger charge is 2.27. The van der Waals surface area contributed by atoms with Gasteiger partial charge in [0.2, 0.25) is 0 Å². The van der Waals surface area contributed by atoms with Crippen LogP contribution in [0.2, 0.25) is 0 Å². The summed E-state index contributed by atoms with van der Waals surface area (Å²) in [6, 6.07) is 0. The number of hydrogen-bond donors (Lipinski definition) is 3. The van der Waals surface area contributed by atoms with Gasteiger partial charge in [-0.1, -0.05) is 198 Å². The number of ether oxygens (including phenoxy) is 2. The molecule has 0 fully saturated rings. The Kier molecular flexibility index (Phi) is 43.9. The van der Waals surface area contributed by atoms with E-state index < -0.39 is 51.8 Å². The average Bonchev–Trinajstić information content (AvgIpc) is 3.24. The Bertz CT molecular complexity index is 1090. The van der Waals surface area contributed by atoms with E-state index in [1.54, 1.807) is 0 Å². The third-order valence-electron chi connectivity index (χ3n) is 10.5. The SMILES string of the molecule is CCCCC/C=C/C/C=C/C/C=C/CCCCC(=O)O[C@H](COC(=O)CCCCCCCCCCCCCCCCCCCCCCCC)COP(=O)(O)OC[C@H](O)CO. The molecule has 10 nitrogen and oxygen atoms in total. The van der Waals surface area contributed by atoms with Crippen molar-refractivity contribution in [3.63, 3.8) is 0 Å². The van der Waals surface area contributed by atoms with Gasteiger partial charge in [0.1, 0.15) is 12.7 Å². The van der Waals surface area contributed by atoms with Gasteiger partial charge in [-0.2, -0.15) is 0 Å². The number of carbonyl (C=O) groups excluding carboxylic acids is 2. The molecule has 0 radical (unpaired) electrons. The molecule has 0 aromatic heterocycles. The van der Waals surface area contributed by atoms with Crippen molar-refractivity contribution in [2.75, 3.05) is 26.4 Å². The van der Waals surface area contributed by atoms with Gasteiger partial charge >= 0.3 is 19.8 Å². The third kappa shape index (κ3) is 44.3. The quantitative estimate of drug-likeness (QED) is 0.0234. The van der Waals surface area contributed by atoms with Crippen LogP contribution in [0.25, 0.3) is 0 Å². The number of unbranched alkanes of at least 4 members (excludes halogenated alkanes) is 26. The van der Waals surface area contributed by atoms with Crippen molar-refractivity contribution in [3.8, 4) is 0 Å². The molecule has 11 heteroatoms. The molecule has 0 rings (SSSR count). The number of esters is 2. The minimum Gasteiger partial charge on any atom is -0.462 e. The summed E-state index contributed by atoms with van der Waals surface area (Å²) in [5.74, 6) is -0.961. The third-order valence-corrected chi connectivity index (χ3v) is 11.5. The van der Waals surface area contributed by atoms with Gasteiger partial charge in [0, 0.05) is 12.8 Å². The van der Waals surface area contributed by atoms with Gasteiger partial charge < -0.3 is 24.6 Å². The molecule has 0 saturated carbocycles. The van der Waals surface area contributed by atoms with E-state index in [9.17, 15) is 24.2 Å². The zero-order valence-electron chi connectivity index (χ0n) is 38.4. The lowest BCUT2D eigenvalue weighted by molar-refractivity contribution is -0.161. The Balaban J connectivity index is 4.19. The summed E-state index contributed by atoms with van der Waals surface area (Å²) < 4.78 is 32.8. The Morgan fingerprint density at radius 2 is 0.867 bits per heavy atom. The first kappa shape index (κ1) is 58.2. The Morgan fingerprint density at radius 1 is 0.500 bits per heavy atom. The number of rotatable bonds is 46. The van der Waals surface area contributed by atoms with Crippen molar-refractivity contribution in [1.29, 1.82) is 0 Å². The Morgan fingerprint density at radius 3 is 1.33 bits per heavy atom. The van der Waals surface area contributed by atoms with Crippen molar-refractivity contribution in [2.24, 2.45) is 0 Å². The van der Waals surface area contributed by atoms with E-state index in [-0.39, 0.29) is 19.4 Å². The molecule has 352 valence electrons. The first-order valence-corrected chi connectivity index (χ1v) is 25.9.